The third kappa shape index (κ3) is 4.83. The van der Waals surface area contributed by atoms with Gasteiger partial charge in [0, 0.05) is 54.3 Å². The van der Waals surface area contributed by atoms with Gasteiger partial charge in [-0.15, -0.1) is 0 Å². The molecule has 3 heterocycles. The summed E-state index contributed by atoms with van der Waals surface area (Å²) in [5.74, 6) is -0.0633. The van der Waals surface area contributed by atoms with E-state index in [1.807, 2.05) is 46.6 Å². The molecule has 0 bridgehead atoms. The summed E-state index contributed by atoms with van der Waals surface area (Å²) in [6.07, 6.45) is 1.27. The minimum atomic E-state index is -0.912. The Morgan fingerprint density at radius 3 is 2.39 bits per heavy atom. The average molecular weight is 585 g/mol. The summed E-state index contributed by atoms with van der Waals surface area (Å²) in [5.41, 5.74) is 8.62. The first kappa shape index (κ1) is 27.9. The molecule has 4 aromatic carbocycles. The molecule has 0 fully saturated rings. The standard InChI is InChI=1S/C37H36N4O3/c1-24-34-31-17-9-16-29-30(18-10-20-44-33-19-8-14-25-11-6-7-15-28(25)33)36(37(42)43)41(35(29)31)22-27-13-5-4-12-26(27)21-39(2)23-32(34)38-40(24)3/h4-9,11-17,19H,10,18,20-23H2,1-3H3,(H,42,43). The highest BCUT2D eigenvalue weighted by Crippen LogP contribution is 2.39. The lowest BCUT2D eigenvalue weighted by Gasteiger charge is -2.18. The van der Waals surface area contributed by atoms with Crippen molar-refractivity contribution in [3.05, 3.63) is 119 Å². The molecule has 6 aromatic rings. The number of hydrogen-bond donors (Lipinski definition) is 1. The Kier molecular flexibility index (Phi) is 7.18. The molecule has 1 aliphatic heterocycles. The van der Waals surface area contributed by atoms with Crippen LogP contribution in [0.5, 0.6) is 5.75 Å². The average Bonchev–Trinajstić information content (AvgIpc) is 3.47. The first-order valence-electron chi connectivity index (χ1n) is 15.2. The summed E-state index contributed by atoms with van der Waals surface area (Å²) in [4.78, 5) is 15.4. The van der Waals surface area contributed by atoms with Gasteiger partial charge in [0.05, 0.1) is 17.8 Å². The number of para-hydroxylation sites is 1. The second kappa shape index (κ2) is 11.3. The molecule has 7 nitrogen and oxygen atoms in total. The van der Waals surface area contributed by atoms with Crippen molar-refractivity contribution in [2.75, 3.05) is 13.7 Å². The molecule has 0 saturated heterocycles. The van der Waals surface area contributed by atoms with Crippen LogP contribution in [-0.4, -0.2) is 44.0 Å². The van der Waals surface area contributed by atoms with Crippen LogP contribution >= 0.6 is 0 Å². The van der Waals surface area contributed by atoms with Crippen molar-refractivity contribution in [3.8, 4) is 16.9 Å². The molecule has 0 saturated carbocycles. The summed E-state index contributed by atoms with van der Waals surface area (Å²) in [5, 5.41) is 18.9. The van der Waals surface area contributed by atoms with Gasteiger partial charge in [-0.25, -0.2) is 4.79 Å². The van der Waals surface area contributed by atoms with E-state index in [0.29, 0.717) is 38.2 Å². The van der Waals surface area contributed by atoms with E-state index < -0.39 is 5.97 Å². The Balaban J connectivity index is 1.35. The number of ether oxygens (including phenoxy) is 1. The van der Waals surface area contributed by atoms with Gasteiger partial charge in [-0.2, -0.15) is 5.10 Å². The van der Waals surface area contributed by atoms with Crippen LogP contribution < -0.4 is 4.74 Å². The molecule has 1 aliphatic rings. The fraction of sp³-hybridized carbons (Fsp3) is 0.243. The first-order chi connectivity index (χ1) is 21.4. The van der Waals surface area contributed by atoms with Crippen molar-refractivity contribution >= 4 is 27.6 Å². The normalized spacial score (nSPS) is 13.4. The van der Waals surface area contributed by atoms with Crippen LogP contribution in [0.2, 0.25) is 0 Å². The van der Waals surface area contributed by atoms with E-state index in [9.17, 15) is 9.90 Å². The van der Waals surface area contributed by atoms with E-state index >= 15 is 0 Å². The summed E-state index contributed by atoms with van der Waals surface area (Å²) in [7, 11) is 4.09. The molecule has 7 rings (SSSR count). The third-order valence-corrected chi connectivity index (χ3v) is 8.95. The van der Waals surface area contributed by atoms with Gasteiger partial charge in [-0.3, -0.25) is 9.58 Å². The number of hydrogen-bond acceptors (Lipinski definition) is 4. The van der Waals surface area contributed by atoms with E-state index in [4.69, 9.17) is 9.84 Å². The molecule has 0 atom stereocenters. The van der Waals surface area contributed by atoms with Crippen LogP contribution in [0.1, 0.15) is 45.0 Å². The van der Waals surface area contributed by atoms with Gasteiger partial charge in [0.25, 0.3) is 0 Å². The second-order valence-electron chi connectivity index (χ2n) is 11.8. The number of aryl methyl sites for hydroxylation is 2. The molecule has 0 amide bonds. The number of rotatable bonds is 6. The Hall–Kier alpha value is -4.88. The number of carboxylic acids is 1. The van der Waals surface area contributed by atoms with Crippen LogP contribution in [0.3, 0.4) is 0 Å². The van der Waals surface area contributed by atoms with Crippen LogP contribution in [0.25, 0.3) is 32.8 Å². The summed E-state index contributed by atoms with van der Waals surface area (Å²) in [6, 6.07) is 28.9. The Bertz CT molecular complexity index is 2030. The molecule has 0 aliphatic carbocycles. The Morgan fingerprint density at radius 2 is 1.57 bits per heavy atom. The van der Waals surface area contributed by atoms with Gasteiger partial charge < -0.3 is 14.4 Å². The molecule has 1 N–H and O–H groups in total. The van der Waals surface area contributed by atoms with Gasteiger partial charge in [0.15, 0.2) is 0 Å². The van der Waals surface area contributed by atoms with Gasteiger partial charge >= 0.3 is 5.97 Å². The number of benzene rings is 4. The highest BCUT2D eigenvalue weighted by atomic mass is 16.5. The Labute approximate surface area is 256 Å². The zero-order valence-corrected chi connectivity index (χ0v) is 25.4. The monoisotopic (exact) mass is 584 g/mol. The summed E-state index contributed by atoms with van der Waals surface area (Å²) < 4.78 is 10.2. The lowest BCUT2D eigenvalue weighted by molar-refractivity contribution is 0.0684. The van der Waals surface area contributed by atoms with Crippen molar-refractivity contribution in [2.45, 2.75) is 39.4 Å². The zero-order valence-electron chi connectivity index (χ0n) is 25.4. The van der Waals surface area contributed by atoms with Gasteiger partial charge in [0.2, 0.25) is 0 Å². The Morgan fingerprint density at radius 1 is 0.864 bits per heavy atom. The van der Waals surface area contributed by atoms with Gasteiger partial charge in [-0.1, -0.05) is 78.9 Å². The lowest BCUT2D eigenvalue weighted by Crippen LogP contribution is -2.19. The van der Waals surface area contributed by atoms with E-state index in [2.05, 4.69) is 73.5 Å². The van der Waals surface area contributed by atoms with Crippen LogP contribution in [0.4, 0.5) is 0 Å². The maximum atomic E-state index is 13.1. The van der Waals surface area contributed by atoms with Crippen molar-refractivity contribution in [2.24, 2.45) is 7.05 Å². The quantitative estimate of drug-likeness (QED) is 0.210. The molecule has 222 valence electrons. The SMILES string of the molecule is Cc1c2c(nn1C)CN(C)Cc1ccccc1Cn1c(C(=O)O)c(CCCOc3cccc4ccccc34)c3cccc-2c31. The minimum absolute atomic E-state index is 0.350. The molecule has 0 radical (unpaired) electrons. The number of aromatic carboxylic acids is 1. The summed E-state index contributed by atoms with van der Waals surface area (Å²) >= 11 is 0. The van der Waals surface area contributed by atoms with E-state index in [0.717, 1.165) is 67.6 Å². The van der Waals surface area contributed by atoms with Crippen molar-refractivity contribution in [3.63, 3.8) is 0 Å². The van der Waals surface area contributed by atoms with E-state index in [1.54, 1.807) is 0 Å². The van der Waals surface area contributed by atoms with Crippen molar-refractivity contribution in [1.82, 2.24) is 19.2 Å². The maximum absolute atomic E-state index is 13.1. The largest absolute Gasteiger partial charge is 0.493 e. The predicted molar refractivity (Wildman–Crippen MR) is 174 cm³/mol. The van der Waals surface area contributed by atoms with E-state index in [-0.39, 0.29) is 0 Å². The molecule has 7 heteroatoms. The van der Waals surface area contributed by atoms with Crippen molar-refractivity contribution < 1.29 is 14.6 Å². The number of nitrogens with zero attached hydrogens (tertiary/aromatic N) is 4. The maximum Gasteiger partial charge on any atom is 0.352 e. The number of fused-ring (bicyclic) bond motifs is 4. The highest BCUT2D eigenvalue weighted by molar-refractivity contribution is 6.04. The van der Waals surface area contributed by atoms with E-state index in [1.165, 1.54) is 5.56 Å². The fourth-order valence-electron chi connectivity index (χ4n) is 6.87. The number of aromatic nitrogens is 3. The van der Waals surface area contributed by atoms with Gasteiger partial charge in [-0.05, 0) is 55.0 Å². The van der Waals surface area contributed by atoms with Crippen LogP contribution in [-0.2, 0) is 33.1 Å². The van der Waals surface area contributed by atoms with Crippen molar-refractivity contribution in [1.29, 1.82) is 0 Å². The lowest BCUT2D eigenvalue weighted by atomic mass is 9.98. The third-order valence-electron chi connectivity index (χ3n) is 8.95. The molecule has 44 heavy (non-hydrogen) atoms. The topological polar surface area (TPSA) is 72.5 Å². The second-order valence-corrected chi connectivity index (χ2v) is 11.8. The first-order valence-corrected chi connectivity index (χ1v) is 15.2. The zero-order chi connectivity index (χ0) is 30.4. The molecule has 0 spiro atoms. The van der Waals surface area contributed by atoms with Gasteiger partial charge in [0.1, 0.15) is 11.4 Å². The summed E-state index contributed by atoms with van der Waals surface area (Å²) in [6.45, 7) is 4.48. The predicted octanol–water partition coefficient (Wildman–Crippen LogP) is 7.21. The molecular weight excluding hydrogens is 548 g/mol. The fourth-order valence-corrected chi connectivity index (χ4v) is 6.87. The molecule has 2 aromatic heterocycles. The number of carbonyl (C=O) groups is 1. The molecular formula is C37H36N4O3. The highest BCUT2D eigenvalue weighted by Gasteiger charge is 2.28. The molecule has 0 unspecified atom stereocenters. The van der Waals surface area contributed by atoms with Crippen LogP contribution in [0, 0.1) is 6.92 Å². The van der Waals surface area contributed by atoms with Crippen LogP contribution in [0.15, 0.2) is 84.9 Å². The minimum Gasteiger partial charge on any atom is -0.493 e. The number of carboxylic acid groups (broad SMARTS) is 1. The smallest absolute Gasteiger partial charge is 0.352 e.